The van der Waals surface area contributed by atoms with Gasteiger partial charge in [-0.1, -0.05) is 79.4 Å². The van der Waals surface area contributed by atoms with E-state index in [1.54, 1.807) is 0 Å². The van der Waals surface area contributed by atoms with Gasteiger partial charge in [0.1, 0.15) is 17.6 Å². The fourth-order valence-electron chi connectivity index (χ4n) is 3.25. The molecule has 0 saturated carbocycles. The maximum Gasteiger partial charge on any atom is 0.150 e. The SMILES string of the molecule is C=C1Oc2ccccc2N(Cc2ccccc2)[C@H]1c1ccccc1. The summed E-state index contributed by atoms with van der Waals surface area (Å²) in [5.74, 6) is 1.63. The molecule has 0 N–H and O–H groups in total. The van der Waals surface area contributed by atoms with Gasteiger partial charge in [0.05, 0.1) is 5.69 Å². The largest absolute Gasteiger partial charge is 0.458 e. The van der Waals surface area contributed by atoms with Gasteiger partial charge in [-0.3, -0.25) is 0 Å². The van der Waals surface area contributed by atoms with Gasteiger partial charge in [0.25, 0.3) is 0 Å². The van der Waals surface area contributed by atoms with E-state index >= 15 is 0 Å². The molecule has 0 unspecified atom stereocenters. The Labute approximate surface area is 142 Å². The van der Waals surface area contributed by atoms with Gasteiger partial charge in [0, 0.05) is 6.54 Å². The van der Waals surface area contributed by atoms with E-state index in [1.165, 1.54) is 11.1 Å². The van der Waals surface area contributed by atoms with Gasteiger partial charge in [-0.25, -0.2) is 0 Å². The van der Waals surface area contributed by atoms with Crippen molar-refractivity contribution >= 4 is 5.69 Å². The zero-order valence-corrected chi connectivity index (χ0v) is 13.4. The van der Waals surface area contributed by atoms with Crippen molar-refractivity contribution in [2.75, 3.05) is 4.90 Å². The minimum absolute atomic E-state index is 0.00121. The zero-order valence-electron chi connectivity index (χ0n) is 13.4. The van der Waals surface area contributed by atoms with Crippen LogP contribution in [0.25, 0.3) is 0 Å². The van der Waals surface area contributed by atoms with Crippen LogP contribution >= 0.6 is 0 Å². The summed E-state index contributed by atoms with van der Waals surface area (Å²) in [7, 11) is 0. The standard InChI is InChI=1S/C22H19NO/c1-17-22(19-12-6-3-7-13-19)23(16-18-10-4-2-5-11-18)20-14-8-9-15-21(20)24-17/h2-15,22H,1,16H2/t22-/m1/s1. The molecule has 24 heavy (non-hydrogen) atoms. The molecule has 0 aromatic heterocycles. The first-order chi connectivity index (χ1) is 11.8. The second-order valence-corrected chi connectivity index (χ2v) is 5.96. The minimum atomic E-state index is 0.00121. The lowest BCUT2D eigenvalue weighted by Gasteiger charge is -2.40. The van der Waals surface area contributed by atoms with E-state index in [1.807, 2.05) is 24.3 Å². The maximum atomic E-state index is 6.03. The molecule has 0 spiro atoms. The molecule has 3 aromatic rings. The smallest absolute Gasteiger partial charge is 0.150 e. The summed E-state index contributed by atoms with van der Waals surface area (Å²) in [6.07, 6.45) is 0. The summed E-state index contributed by atoms with van der Waals surface area (Å²) in [6, 6.07) is 29.1. The number of rotatable bonds is 3. The lowest BCUT2D eigenvalue weighted by atomic mass is 10.00. The predicted octanol–water partition coefficient (Wildman–Crippen LogP) is 5.34. The Morgan fingerprint density at radius 2 is 1.42 bits per heavy atom. The van der Waals surface area contributed by atoms with Crippen molar-refractivity contribution < 1.29 is 4.74 Å². The number of hydrogen-bond acceptors (Lipinski definition) is 2. The average Bonchev–Trinajstić information content (AvgIpc) is 2.63. The maximum absolute atomic E-state index is 6.03. The van der Waals surface area contributed by atoms with E-state index in [4.69, 9.17) is 4.74 Å². The molecule has 0 amide bonds. The normalized spacial score (nSPS) is 16.4. The van der Waals surface area contributed by atoms with Crippen molar-refractivity contribution in [3.63, 3.8) is 0 Å². The summed E-state index contributed by atoms with van der Waals surface area (Å²) in [6.45, 7) is 5.00. The Morgan fingerprint density at radius 1 is 0.792 bits per heavy atom. The quantitative estimate of drug-likeness (QED) is 0.647. The Kier molecular flexibility index (Phi) is 3.80. The molecule has 2 nitrogen and oxygen atoms in total. The molecule has 0 aliphatic carbocycles. The Balaban J connectivity index is 1.80. The Bertz CT molecular complexity index is 842. The number of anilines is 1. The van der Waals surface area contributed by atoms with E-state index in [2.05, 4.69) is 72.1 Å². The fourth-order valence-corrected chi connectivity index (χ4v) is 3.25. The van der Waals surface area contributed by atoms with E-state index < -0.39 is 0 Å². The first kappa shape index (κ1) is 14.6. The second-order valence-electron chi connectivity index (χ2n) is 5.96. The molecular weight excluding hydrogens is 294 g/mol. The summed E-state index contributed by atoms with van der Waals surface area (Å²) in [5.41, 5.74) is 3.55. The van der Waals surface area contributed by atoms with Crippen LogP contribution in [0.5, 0.6) is 5.75 Å². The number of hydrogen-bond donors (Lipinski definition) is 0. The van der Waals surface area contributed by atoms with Crippen molar-refractivity contribution in [2.24, 2.45) is 0 Å². The van der Waals surface area contributed by atoms with Crippen molar-refractivity contribution in [1.29, 1.82) is 0 Å². The number of para-hydroxylation sites is 2. The second kappa shape index (κ2) is 6.25. The third-order valence-corrected chi connectivity index (χ3v) is 4.34. The van der Waals surface area contributed by atoms with Crippen LogP contribution < -0.4 is 9.64 Å². The molecule has 0 saturated heterocycles. The lowest BCUT2D eigenvalue weighted by molar-refractivity contribution is 0.355. The van der Waals surface area contributed by atoms with Crippen molar-refractivity contribution in [1.82, 2.24) is 0 Å². The summed E-state index contributed by atoms with van der Waals surface area (Å²) >= 11 is 0. The molecule has 1 atom stereocenters. The molecule has 1 aliphatic heterocycles. The Morgan fingerprint density at radius 3 is 2.17 bits per heavy atom. The molecular formula is C22H19NO. The highest BCUT2D eigenvalue weighted by Gasteiger charge is 2.31. The molecule has 2 heteroatoms. The number of ether oxygens (including phenoxy) is 1. The topological polar surface area (TPSA) is 12.5 Å². The molecule has 0 bridgehead atoms. The Hall–Kier alpha value is -3.00. The van der Waals surface area contributed by atoms with Gasteiger partial charge in [-0.05, 0) is 23.3 Å². The first-order valence-corrected chi connectivity index (χ1v) is 8.14. The third-order valence-electron chi connectivity index (χ3n) is 4.34. The van der Waals surface area contributed by atoms with Crippen LogP contribution in [-0.4, -0.2) is 0 Å². The summed E-state index contributed by atoms with van der Waals surface area (Å²) in [4.78, 5) is 2.37. The number of benzene rings is 3. The predicted molar refractivity (Wildman–Crippen MR) is 98.0 cm³/mol. The van der Waals surface area contributed by atoms with Crippen LogP contribution in [0.2, 0.25) is 0 Å². The van der Waals surface area contributed by atoms with Crippen molar-refractivity contribution in [3.05, 3.63) is 108 Å². The molecule has 118 valence electrons. The van der Waals surface area contributed by atoms with E-state index in [-0.39, 0.29) is 6.04 Å². The van der Waals surface area contributed by atoms with Crippen LogP contribution in [0.15, 0.2) is 97.3 Å². The van der Waals surface area contributed by atoms with Gasteiger partial charge in [0.2, 0.25) is 0 Å². The molecule has 0 radical (unpaired) electrons. The summed E-state index contributed by atoms with van der Waals surface area (Å²) < 4.78 is 6.03. The monoisotopic (exact) mass is 313 g/mol. The van der Waals surface area contributed by atoms with Crippen molar-refractivity contribution in [2.45, 2.75) is 12.6 Å². The lowest BCUT2D eigenvalue weighted by Crippen LogP contribution is -2.34. The highest BCUT2D eigenvalue weighted by atomic mass is 16.5. The van der Waals surface area contributed by atoms with Gasteiger partial charge in [-0.15, -0.1) is 0 Å². The van der Waals surface area contributed by atoms with Crippen LogP contribution in [0.3, 0.4) is 0 Å². The van der Waals surface area contributed by atoms with Gasteiger partial charge >= 0.3 is 0 Å². The molecule has 1 aliphatic rings. The van der Waals surface area contributed by atoms with Crippen LogP contribution in [-0.2, 0) is 6.54 Å². The van der Waals surface area contributed by atoms with Gasteiger partial charge < -0.3 is 9.64 Å². The van der Waals surface area contributed by atoms with E-state index in [0.717, 1.165) is 23.7 Å². The molecule has 3 aromatic carbocycles. The molecule has 4 rings (SSSR count). The zero-order chi connectivity index (χ0) is 16.4. The van der Waals surface area contributed by atoms with E-state index in [0.29, 0.717) is 0 Å². The van der Waals surface area contributed by atoms with Crippen LogP contribution in [0, 0.1) is 0 Å². The molecule has 1 heterocycles. The number of nitrogens with zero attached hydrogens (tertiary/aromatic N) is 1. The first-order valence-electron chi connectivity index (χ1n) is 8.14. The van der Waals surface area contributed by atoms with E-state index in [9.17, 15) is 0 Å². The number of fused-ring (bicyclic) bond motifs is 1. The summed E-state index contributed by atoms with van der Waals surface area (Å²) in [5, 5.41) is 0. The van der Waals surface area contributed by atoms with Gasteiger partial charge in [-0.2, -0.15) is 0 Å². The fraction of sp³-hybridized carbons (Fsp3) is 0.0909. The van der Waals surface area contributed by atoms with Gasteiger partial charge in [0.15, 0.2) is 0 Å². The van der Waals surface area contributed by atoms with Crippen LogP contribution in [0.1, 0.15) is 17.2 Å². The minimum Gasteiger partial charge on any atom is -0.458 e. The highest BCUT2D eigenvalue weighted by molar-refractivity contribution is 5.64. The average molecular weight is 313 g/mol. The van der Waals surface area contributed by atoms with Crippen molar-refractivity contribution in [3.8, 4) is 5.75 Å². The highest BCUT2D eigenvalue weighted by Crippen LogP contribution is 2.44. The third kappa shape index (κ3) is 2.67. The van der Waals surface area contributed by atoms with Crippen LogP contribution in [0.4, 0.5) is 5.69 Å². The molecule has 0 fully saturated rings.